The summed E-state index contributed by atoms with van der Waals surface area (Å²) in [6, 6.07) is 9.33. The number of carboxylic acids is 1. The van der Waals surface area contributed by atoms with E-state index in [-0.39, 0.29) is 12.3 Å². The number of likely N-dealkylation sites (tertiary alicyclic amines) is 2. The number of fused-ring (bicyclic) bond motifs is 1. The Morgan fingerprint density at radius 1 is 0.976 bits per heavy atom. The van der Waals surface area contributed by atoms with Crippen molar-refractivity contribution in [2.45, 2.75) is 25.8 Å². The number of benzene rings is 1. The summed E-state index contributed by atoms with van der Waals surface area (Å²) in [6.45, 7) is 6.62. The minimum absolute atomic E-state index is 0.230. The highest BCUT2D eigenvalue weighted by Gasteiger charge is 2.39. The minimum atomic E-state index is -0.725. The summed E-state index contributed by atoms with van der Waals surface area (Å²) in [6.07, 6.45) is 5.39. The van der Waals surface area contributed by atoms with Gasteiger partial charge in [0.2, 0.25) is 11.8 Å². The topological polar surface area (TPSA) is 94.9 Å². The molecule has 6 rings (SSSR count). The number of carbonyl (C=O) groups is 1. The van der Waals surface area contributed by atoms with Crippen LogP contribution >= 0.6 is 23.2 Å². The molecule has 3 fully saturated rings. The van der Waals surface area contributed by atoms with Crippen molar-refractivity contribution < 1.29 is 14.6 Å². The van der Waals surface area contributed by atoms with Gasteiger partial charge in [-0.25, -0.2) is 15.0 Å². The summed E-state index contributed by atoms with van der Waals surface area (Å²) in [5, 5.41) is 10.2. The van der Waals surface area contributed by atoms with Crippen LogP contribution in [0.15, 0.2) is 42.7 Å². The number of hydrogen-bond acceptors (Lipinski definition) is 8. The molecule has 5 heterocycles. The molecule has 0 amide bonds. The van der Waals surface area contributed by atoms with Crippen LogP contribution in [-0.2, 0) is 11.3 Å². The maximum absolute atomic E-state index is 11.1. The monoisotopic (exact) mass is 596 g/mol. The van der Waals surface area contributed by atoms with Crippen LogP contribution in [0.25, 0.3) is 11.3 Å². The molecular weight excluding hydrogens is 563 g/mol. The van der Waals surface area contributed by atoms with Gasteiger partial charge >= 0.3 is 5.97 Å². The van der Waals surface area contributed by atoms with Crippen molar-refractivity contribution in [3.63, 3.8) is 0 Å². The lowest BCUT2D eigenvalue weighted by Crippen LogP contribution is -2.33. The molecule has 11 heteroatoms. The van der Waals surface area contributed by atoms with E-state index >= 15 is 0 Å². The number of rotatable bonds is 8. The molecule has 0 saturated carbocycles. The van der Waals surface area contributed by atoms with Gasteiger partial charge in [-0.15, -0.1) is 0 Å². The van der Waals surface area contributed by atoms with Crippen molar-refractivity contribution in [2.75, 3.05) is 51.2 Å². The maximum Gasteiger partial charge on any atom is 0.303 e. The first-order valence-corrected chi connectivity index (χ1v) is 14.9. The van der Waals surface area contributed by atoms with Gasteiger partial charge in [0.15, 0.2) is 5.75 Å². The molecule has 2 atom stereocenters. The fraction of sp³-hybridized carbons (Fsp3) is 0.467. The average molecular weight is 598 g/mol. The molecule has 3 aliphatic heterocycles. The van der Waals surface area contributed by atoms with E-state index in [2.05, 4.69) is 31.7 Å². The SMILES string of the molecule is CN1CC2CN(c3ncc(Oc4cc(CN5CCC(CC(=O)O)CC5)cc(-c5cc(Cl)cc(Cl)c5)n4)cn3)CC2C1. The van der Waals surface area contributed by atoms with Gasteiger partial charge in [0.1, 0.15) is 0 Å². The first kappa shape index (κ1) is 28.2. The highest BCUT2D eigenvalue weighted by molar-refractivity contribution is 6.35. The number of nitrogens with zero attached hydrogens (tertiary/aromatic N) is 6. The second kappa shape index (κ2) is 12.1. The molecule has 3 aliphatic rings. The Balaban J connectivity index is 1.19. The molecule has 2 unspecified atom stereocenters. The fourth-order valence-corrected chi connectivity index (χ4v) is 6.97. The lowest BCUT2D eigenvalue weighted by Gasteiger charge is -2.31. The van der Waals surface area contributed by atoms with Gasteiger partial charge < -0.3 is 19.6 Å². The number of halogens is 2. The average Bonchev–Trinajstić information content (AvgIpc) is 3.47. The van der Waals surface area contributed by atoms with Gasteiger partial charge in [-0.05, 0) is 80.6 Å². The number of piperidine rings is 1. The number of anilines is 1. The second-order valence-electron chi connectivity index (χ2n) is 11.6. The summed E-state index contributed by atoms with van der Waals surface area (Å²) in [4.78, 5) is 32.1. The van der Waals surface area contributed by atoms with Gasteiger partial charge in [-0.1, -0.05) is 23.2 Å². The Morgan fingerprint density at radius 3 is 2.27 bits per heavy atom. The maximum atomic E-state index is 11.1. The normalized spacial score (nSPS) is 21.8. The first-order valence-electron chi connectivity index (χ1n) is 14.1. The lowest BCUT2D eigenvalue weighted by atomic mass is 9.93. The van der Waals surface area contributed by atoms with Crippen molar-refractivity contribution >= 4 is 35.1 Å². The lowest BCUT2D eigenvalue weighted by molar-refractivity contribution is -0.138. The van der Waals surface area contributed by atoms with E-state index in [0.29, 0.717) is 45.7 Å². The standard InChI is InChI=1S/C30H34Cl2N6O3/c1-36-15-22-17-38(18-23(22)16-36)30-33-12-26(13-34-30)41-28-7-20(14-37-4-2-19(3-5-37)8-29(39)40)6-27(35-28)21-9-24(31)11-25(32)10-21/h6-7,9-13,19,22-23H,2-5,8,14-18H2,1H3,(H,39,40). The summed E-state index contributed by atoms with van der Waals surface area (Å²) in [5.74, 6) is 2.54. The highest BCUT2D eigenvalue weighted by Crippen LogP contribution is 2.33. The molecule has 0 bridgehead atoms. The van der Waals surface area contributed by atoms with Crippen LogP contribution in [0.5, 0.6) is 11.6 Å². The summed E-state index contributed by atoms with van der Waals surface area (Å²) < 4.78 is 6.19. The van der Waals surface area contributed by atoms with Crippen molar-refractivity contribution in [3.05, 3.63) is 58.3 Å². The molecule has 2 aromatic heterocycles. The van der Waals surface area contributed by atoms with E-state index in [1.807, 2.05) is 24.3 Å². The van der Waals surface area contributed by atoms with Crippen LogP contribution < -0.4 is 9.64 Å². The zero-order chi connectivity index (χ0) is 28.5. The van der Waals surface area contributed by atoms with Crippen LogP contribution in [0.1, 0.15) is 24.8 Å². The van der Waals surface area contributed by atoms with Crippen molar-refractivity contribution in [1.82, 2.24) is 24.8 Å². The van der Waals surface area contributed by atoms with Crippen LogP contribution in [0, 0.1) is 17.8 Å². The molecule has 216 valence electrons. The van der Waals surface area contributed by atoms with E-state index < -0.39 is 5.97 Å². The van der Waals surface area contributed by atoms with E-state index in [0.717, 1.165) is 69.2 Å². The molecule has 0 aliphatic carbocycles. The quantitative estimate of drug-likeness (QED) is 0.370. The summed E-state index contributed by atoms with van der Waals surface area (Å²) >= 11 is 12.6. The molecule has 41 heavy (non-hydrogen) atoms. The zero-order valence-corrected chi connectivity index (χ0v) is 24.6. The van der Waals surface area contributed by atoms with E-state index in [1.165, 1.54) is 0 Å². The number of carboxylic acid groups (broad SMARTS) is 1. The largest absolute Gasteiger partial charge is 0.481 e. The van der Waals surface area contributed by atoms with E-state index in [1.54, 1.807) is 18.5 Å². The van der Waals surface area contributed by atoms with Gasteiger partial charge in [-0.3, -0.25) is 9.69 Å². The summed E-state index contributed by atoms with van der Waals surface area (Å²) in [5.41, 5.74) is 2.53. The zero-order valence-electron chi connectivity index (χ0n) is 23.0. The molecule has 3 aromatic rings. The Labute approximate surface area is 250 Å². The Kier molecular flexibility index (Phi) is 8.30. The van der Waals surface area contributed by atoms with Gasteiger partial charge in [0.25, 0.3) is 0 Å². The molecule has 0 spiro atoms. The predicted octanol–water partition coefficient (Wildman–Crippen LogP) is 5.32. The second-order valence-corrected chi connectivity index (χ2v) is 12.5. The Bertz CT molecular complexity index is 1370. The Morgan fingerprint density at radius 2 is 1.63 bits per heavy atom. The smallest absolute Gasteiger partial charge is 0.303 e. The number of ether oxygens (including phenoxy) is 1. The van der Waals surface area contributed by atoms with E-state index in [4.69, 9.17) is 38.0 Å². The van der Waals surface area contributed by atoms with Gasteiger partial charge in [0, 0.05) is 60.8 Å². The number of hydrogen-bond donors (Lipinski definition) is 1. The minimum Gasteiger partial charge on any atom is -0.481 e. The third kappa shape index (κ3) is 6.92. The van der Waals surface area contributed by atoms with Crippen LogP contribution in [0.4, 0.5) is 5.95 Å². The third-order valence-corrected chi connectivity index (χ3v) is 8.82. The van der Waals surface area contributed by atoms with Crippen molar-refractivity contribution in [2.24, 2.45) is 17.8 Å². The number of pyridine rings is 1. The van der Waals surface area contributed by atoms with Crippen LogP contribution in [-0.4, -0.2) is 82.1 Å². The van der Waals surface area contributed by atoms with Crippen LogP contribution in [0.3, 0.4) is 0 Å². The molecular formula is C30H34Cl2N6O3. The van der Waals surface area contributed by atoms with Crippen molar-refractivity contribution in [1.29, 1.82) is 0 Å². The van der Waals surface area contributed by atoms with Gasteiger partial charge in [-0.2, -0.15) is 0 Å². The Hall–Kier alpha value is -2.98. The fourth-order valence-electron chi connectivity index (χ4n) is 6.44. The third-order valence-electron chi connectivity index (χ3n) is 8.39. The molecule has 0 radical (unpaired) electrons. The molecule has 9 nitrogen and oxygen atoms in total. The predicted molar refractivity (Wildman–Crippen MR) is 159 cm³/mol. The molecule has 1 aromatic carbocycles. The highest BCUT2D eigenvalue weighted by atomic mass is 35.5. The molecule has 1 N–H and O–H groups in total. The first-order chi connectivity index (χ1) is 19.8. The number of aromatic nitrogens is 3. The summed E-state index contributed by atoms with van der Waals surface area (Å²) in [7, 11) is 2.19. The van der Waals surface area contributed by atoms with Crippen molar-refractivity contribution in [3.8, 4) is 22.9 Å². The molecule has 3 saturated heterocycles. The van der Waals surface area contributed by atoms with E-state index in [9.17, 15) is 4.79 Å². The van der Waals surface area contributed by atoms with Gasteiger partial charge in [0.05, 0.1) is 18.1 Å². The number of aliphatic carboxylic acids is 1. The van der Waals surface area contributed by atoms with Crippen LogP contribution in [0.2, 0.25) is 10.0 Å².